The first-order valence-electron chi connectivity index (χ1n) is 11.1. The highest BCUT2D eigenvalue weighted by Gasteiger charge is 2.34. The topological polar surface area (TPSA) is 30.0 Å². The van der Waals surface area contributed by atoms with Gasteiger partial charge in [-0.3, -0.25) is 9.78 Å². The lowest BCUT2D eigenvalue weighted by atomic mass is 9.89. The minimum atomic E-state index is -4.50. The highest BCUT2D eigenvalue weighted by molar-refractivity contribution is 6.31. The van der Waals surface area contributed by atoms with Crippen LogP contribution in [-0.2, 0) is 30.2 Å². The Balaban J connectivity index is 1.49. The maximum atomic E-state index is 13.1. The fourth-order valence-electron chi connectivity index (χ4n) is 4.28. The van der Waals surface area contributed by atoms with Crippen molar-refractivity contribution in [3.05, 3.63) is 63.4 Å². The molecule has 0 saturated heterocycles. The second-order valence-corrected chi connectivity index (χ2v) is 8.81. The molecule has 31 heavy (non-hydrogen) atoms. The van der Waals surface area contributed by atoms with Crippen molar-refractivity contribution in [1.29, 1.82) is 0 Å². The van der Waals surface area contributed by atoms with Gasteiger partial charge < -0.3 is 0 Å². The number of aryl methyl sites for hydroxylation is 3. The predicted molar refractivity (Wildman–Crippen MR) is 118 cm³/mol. The van der Waals surface area contributed by atoms with Gasteiger partial charge in [0, 0.05) is 24.2 Å². The molecule has 0 N–H and O–H groups in total. The lowest BCUT2D eigenvalue weighted by Crippen LogP contribution is -2.10. The van der Waals surface area contributed by atoms with Crippen molar-refractivity contribution < 1.29 is 18.0 Å². The summed E-state index contributed by atoms with van der Waals surface area (Å²) < 4.78 is 39.4. The number of unbranched alkanes of at least 4 members (excludes halogenated alkanes) is 1. The molecule has 1 aromatic carbocycles. The van der Waals surface area contributed by atoms with Crippen LogP contribution in [0.5, 0.6) is 0 Å². The van der Waals surface area contributed by atoms with E-state index in [2.05, 4.69) is 12.1 Å². The second kappa shape index (κ2) is 10.6. The highest BCUT2D eigenvalue weighted by atomic mass is 35.5. The minimum Gasteiger partial charge on any atom is -0.300 e. The van der Waals surface area contributed by atoms with Gasteiger partial charge in [0.1, 0.15) is 5.78 Å². The number of fused-ring (bicyclic) bond motifs is 1. The van der Waals surface area contributed by atoms with Gasteiger partial charge >= 0.3 is 6.18 Å². The van der Waals surface area contributed by atoms with Crippen LogP contribution in [0, 0.1) is 0 Å². The maximum Gasteiger partial charge on any atom is 0.417 e. The molecule has 1 unspecified atom stereocenters. The Morgan fingerprint density at radius 1 is 1.13 bits per heavy atom. The summed E-state index contributed by atoms with van der Waals surface area (Å²) in [7, 11) is 0. The Morgan fingerprint density at radius 3 is 2.65 bits per heavy atom. The standard InChI is InChI=1S/C25H29ClF3NO/c1-2-17(19-12-14-23(26)22(16-19)25(27,28)29)15-21(31)9-5-4-8-20-13-11-18-7-3-6-10-24(18)30-20/h11-14,16-17H,2-10,15H2,1H3. The Morgan fingerprint density at radius 2 is 1.90 bits per heavy atom. The van der Waals surface area contributed by atoms with Crippen molar-refractivity contribution in [3.63, 3.8) is 0 Å². The average molecular weight is 452 g/mol. The Bertz CT molecular complexity index is 910. The Kier molecular flexibility index (Phi) is 8.15. The summed E-state index contributed by atoms with van der Waals surface area (Å²) >= 11 is 5.72. The third-order valence-electron chi connectivity index (χ3n) is 6.11. The summed E-state index contributed by atoms with van der Waals surface area (Å²) in [5, 5.41) is -0.312. The number of benzene rings is 1. The molecule has 0 bridgehead atoms. The van der Waals surface area contributed by atoms with Crippen LogP contribution in [-0.4, -0.2) is 10.8 Å². The minimum absolute atomic E-state index is 0.0914. The monoisotopic (exact) mass is 451 g/mol. The summed E-state index contributed by atoms with van der Waals surface area (Å²) in [5.41, 5.74) is 3.36. The van der Waals surface area contributed by atoms with Crippen LogP contribution in [0.4, 0.5) is 13.2 Å². The van der Waals surface area contributed by atoms with E-state index in [0.29, 0.717) is 18.4 Å². The molecule has 0 fully saturated rings. The van der Waals surface area contributed by atoms with Gasteiger partial charge in [-0.25, -0.2) is 0 Å². The number of nitrogens with zero attached hydrogens (tertiary/aromatic N) is 1. The predicted octanol–water partition coefficient (Wildman–Crippen LogP) is 7.50. The van der Waals surface area contributed by atoms with E-state index >= 15 is 0 Å². The van der Waals surface area contributed by atoms with Crippen molar-refractivity contribution >= 4 is 17.4 Å². The van der Waals surface area contributed by atoms with Gasteiger partial charge in [-0.05, 0) is 86.6 Å². The molecule has 168 valence electrons. The number of pyridine rings is 1. The molecule has 0 saturated carbocycles. The van der Waals surface area contributed by atoms with E-state index < -0.39 is 11.7 Å². The van der Waals surface area contributed by atoms with Crippen molar-refractivity contribution in [1.82, 2.24) is 4.98 Å². The number of rotatable bonds is 9. The van der Waals surface area contributed by atoms with Crippen LogP contribution in [0.25, 0.3) is 0 Å². The van der Waals surface area contributed by atoms with E-state index in [1.165, 1.54) is 30.2 Å². The molecule has 1 atom stereocenters. The fourth-order valence-corrected chi connectivity index (χ4v) is 4.51. The smallest absolute Gasteiger partial charge is 0.300 e. The zero-order valence-corrected chi connectivity index (χ0v) is 18.7. The van der Waals surface area contributed by atoms with E-state index in [-0.39, 0.29) is 23.1 Å². The van der Waals surface area contributed by atoms with Crippen molar-refractivity contribution in [2.45, 2.75) is 83.2 Å². The van der Waals surface area contributed by atoms with Gasteiger partial charge in [0.25, 0.3) is 0 Å². The van der Waals surface area contributed by atoms with Crippen LogP contribution >= 0.6 is 11.6 Å². The highest BCUT2D eigenvalue weighted by Crippen LogP contribution is 2.37. The number of ketones is 1. The lowest BCUT2D eigenvalue weighted by Gasteiger charge is -2.17. The third-order valence-corrected chi connectivity index (χ3v) is 6.44. The number of hydrogen-bond donors (Lipinski definition) is 0. The number of carbonyl (C=O) groups excluding carboxylic acids is 1. The van der Waals surface area contributed by atoms with Crippen LogP contribution in [0.2, 0.25) is 5.02 Å². The summed E-state index contributed by atoms with van der Waals surface area (Å²) in [6, 6.07) is 8.25. The Hall–Kier alpha value is -1.88. The average Bonchev–Trinajstić information content (AvgIpc) is 2.74. The van der Waals surface area contributed by atoms with Crippen molar-refractivity contribution in [2.75, 3.05) is 0 Å². The molecule has 1 heterocycles. The number of aromatic nitrogens is 1. The molecule has 1 aliphatic rings. The molecular weight excluding hydrogens is 423 g/mol. The van der Waals surface area contributed by atoms with E-state index in [0.717, 1.165) is 43.9 Å². The molecule has 0 spiro atoms. The summed E-state index contributed by atoms with van der Waals surface area (Å²) in [5.74, 6) is -0.137. The molecule has 1 aromatic heterocycles. The quantitative estimate of drug-likeness (QED) is 0.369. The third kappa shape index (κ3) is 6.55. The van der Waals surface area contributed by atoms with Crippen molar-refractivity contribution in [2.24, 2.45) is 0 Å². The molecule has 6 heteroatoms. The molecule has 0 radical (unpaired) electrons. The van der Waals surface area contributed by atoms with Gasteiger partial charge in [0.05, 0.1) is 10.6 Å². The van der Waals surface area contributed by atoms with Crippen LogP contribution in [0.1, 0.15) is 85.9 Å². The van der Waals surface area contributed by atoms with Crippen LogP contribution in [0.15, 0.2) is 30.3 Å². The zero-order valence-electron chi connectivity index (χ0n) is 17.9. The zero-order chi connectivity index (χ0) is 22.4. The first-order chi connectivity index (χ1) is 14.8. The maximum absolute atomic E-state index is 13.1. The summed E-state index contributed by atoms with van der Waals surface area (Å²) in [6.45, 7) is 1.89. The van der Waals surface area contributed by atoms with Gasteiger partial charge in [-0.1, -0.05) is 30.7 Å². The second-order valence-electron chi connectivity index (χ2n) is 8.41. The van der Waals surface area contributed by atoms with Gasteiger partial charge in [-0.2, -0.15) is 13.2 Å². The molecule has 0 aliphatic heterocycles. The first kappa shape index (κ1) is 23.8. The number of Topliss-reactive ketones (excluding diaryl/α,β-unsaturated/α-hetero) is 1. The van der Waals surface area contributed by atoms with Gasteiger partial charge in [0.2, 0.25) is 0 Å². The lowest BCUT2D eigenvalue weighted by molar-refractivity contribution is -0.137. The molecule has 2 aromatic rings. The molecule has 3 rings (SSSR count). The van der Waals surface area contributed by atoms with E-state index in [1.807, 2.05) is 6.92 Å². The normalized spacial score (nSPS) is 14.9. The fraction of sp³-hybridized carbons (Fsp3) is 0.520. The van der Waals surface area contributed by atoms with E-state index in [1.54, 1.807) is 6.07 Å². The molecule has 2 nitrogen and oxygen atoms in total. The largest absolute Gasteiger partial charge is 0.417 e. The van der Waals surface area contributed by atoms with E-state index in [4.69, 9.17) is 16.6 Å². The molecular formula is C25H29ClF3NO. The summed E-state index contributed by atoms with van der Waals surface area (Å²) in [4.78, 5) is 17.3. The molecule has 0 amide bonds. The van der Waals surface area contributed by atoms with Gasteiger partial charge in [0.15, 0.2) is 0 Å². The SMILES string of the molecule is CCC(CC(=O)CCCCc1ccc2c(n1)CCCC2)c1ccc(Cl)c(C(F)(F)F)c1. The van der Waals surface area contributed by atoms with Gasteiger partial charge in [-0.15, -0.1) is 0 Å². The van der Waals surface area contributed by atoms with E-state index in [9.17, 15) is 18.0 Å². The molecule has 1 aliphatic carbocycles. The number of hydrogen-bond acceptors (Lipinski definition) is 2. The number of alkyl halides is 3. The van der Waals surface area contributed by atoms with Crippen LogP contribution < -0.4 is 0 Å². The van der Waals surface area contributed by atoms with Crippen LogP contribution in [0.3, 0.4) is 0 Å². The number of halogens is 4. The number of carbonyl (C=O) groups is 1. The first-order valence-corrected chi connectivity index (χ1v) is 11.5. The van der Waals surface area contributed by atoms with Crippen molar-refractivity contribution in [3.8, 4) is 0 Å². The Labute approximate surface area is 187 Å². The summed E-state index contributed by atoms with van der Waals surface area (Å²) in [6.07, 6.45) is 3.92.